The molecular weight excluding hydrogens is 316 g/mol. The lowest BCUT2D eigenvalue weighted by molar-refractivity contribution is -0.385. The Morgan fingerprint density at radius 1 is 1.22 bits per heavy atom. The van der Waals surface area contributed by atoms with Crippen molar-refractivity contribution in [2.45, 2.75) is 16.2 Å². The predicted octanol–water partition coefficient (Wildman–Crippen LogP) is 3.38. The Hall–Kier alpha value is -2.67. The molecule has 0 fully saturated rings. The predicted molar refractivity (Wildman–Crippen MR) is 86.9 cm³/mol. The van der Waals surface area contributed by atoms with E-state index in [-0.39, 0.29) is 12.1 Å². The molecule has 0 aliphatic carbocycles. The summed E-state index contributed by atoms with van der Waals surface area (Å²) in [5.41, 5.74) is 2.95. The summed E-state index contributed by atoms with van der Waals surface area (Å²) in [6, 6.07) is 8.11. The van der Waals surface area contributed by atoms with E-state index in [0.717, 1.165) is 39.3 Å². The molecule has 1 aliphatic heterocycles. The van der Waals surface area contributed by atoms with E-state index >= 15 is 0 Å². The summed E-state index contributed by atoms with van der Waals surface area (Å²) in [5, 5.41) is 11.0. The van der Waals surface area contributed by atoms with Crippen LogP contribution in [0.3, 0.4) is 0 Å². The molecule has 0 atom stereocenters. The van der Waals surface area contributed by atoms with Crippen molar-refractivity contribution in [1.29, 1.82) is 0 Å². The Bertz CT molecular complexity index is 835. The average molecular weight is 328 g/mol. The van der Waals surface area contributed by atoms with E-state index in [1.807, 2.05) is 11.9 Å². The fourth-order valence-electron chi connectivity index (χ4n) is 2.68. The molecule has 7 heteroatoms. The standard InChI is InChI=1S/C16H12N2O4S/c1-17-13-3-2-12(18(21)22)8-14(13)23-15-7-10(9-20)6-11(4-5-19)16(15)17/h2-3,5-9H,4H2,1H3. The normalized spacial score (nSPS) is 12.3. The monoisotopic (exact) mass is 328 g/mol. The fourth-order valence-corrected chi connectivity index (χ4v) is 3.96. The van der Waals surface area contributed by atoms with Crippen LogP contribution in [-0.4, -0.2) is 24.5 Å². The summed E-state index contributed by atoms with van der Waals surface area (Å²) in [6.07, 6.45) is 1.74. The van der Waals surface area contributed by atoms with Crippen molar-refractivity contribution < 1.29 is 14.5 Å². The minimum absolute atomic E-state index is 0.0211. The summed E-state index contributed by atoms with van der Waals surface area (Å²) >= 11 is 1.37. The molecule has 0 bridgehead atoms. The van der Waals surface area contributed by atoms with Crippen LogP contribution in [0, 0.1) is 10.1 Å². The number of hydrogen-bond donors (Lipinski definition) is 0. The Kier molecular flexibility index (Phi) is 3.87. The molecule has 116 valence electrons. The maximum Gasteiger partial charge on any atom is 0.270 e. The van der Waals surface area contributed by atoms with Crippen molar-refractivity contribution in [3.8, 4) is 0 Å². The SMILES string of the molecule is CN1c2ccc([N+](=O)[O-])cc2Sc2cc(C=O)cc(CC=O)c21. The van der Waals surface area contributed by atoms with Gasteiger partial charge < -0.3 is 9.69 Å². The first-order valence-electron chi connectivity index (χ1n) is 6.81. The molecule has 0 saturated heterocycles. The highest BCUT2D eigenvalue weighted by molar-refractivity contribution is 7.99. The highest BCUT2D eigenvalue weighted by Gasteiger charge is 2.25. The van der Waals surface area contributed by atoms with Crippen molar-refractivity contribution in [3.63, 3.8) is 0 Å². The molecule has 1 heterocycles. The number of fused-ring (bicyclic) bond motifs is 2. The number of non-ortho nitro benzene ring substituents is 1. The van der Waals surface area contributed by atoms with Crippen LogP contribution < -0.4 is 4.90 Å². The van der Waals surface area contributed by atoms with Gasteiger partial charge in [0.15, 0.2) is 0 Å². The lowest BCUT2D eigenvalue weighted by Gasteiger charge is -2.31. The Labute approximate surface area is 136 Å². The fraction of sp³-hybridized carbons (Fsp3) is 0.125. The Morgan fingerprint density at radius 2 is 2.00 bits per heavy atom. The number of rotatable bonds is 4. The number of nitro groups is 1. The van der Waals surface area contributed by atoms with Gasteiger partial charge in [-0.2, -0.15) is 0 Å². The second-order valence-corrected chi connectivity index (χ2v) is 6.17. The van der Waals surface area contributed by atoms with E-state index in [1.54, 1.807) is 18.2 Å². The third kappa shape index (κ3) is 2.59. The highest BCUT2D eigenvalue weighted by Crippen LogP contribution is 2.50. The van der Waals surface area contributed by atoms with Gasteiger partial charge in [0.1, 0.15) is 12.6 Å². The highest BCUT2D eigenvalue weighted by atomic mass is 32.2. The van der Waals surface area contributed by atoms with Crippen LogP contribution in [0.5, 0.6) is 0 Å². The number of nitro benzene ring substituents is 1. The summed E-state index contributed by atoms with van der Waals surface area (Å²) in [4.78, 5) is 36.0. The Balaban J connectivity index is 2.17. The molecule has 23 heavy (non-hydrogen) atoms. The van der Waals surface area contributed by atoms with Crippen molar-refractivity contribution in [3.05, 3.63) is 51.6 Å². The van der Waals surface area contributed by atoms with Crippen molar-refractivity contribution in [2.75, 3.05) is 11.9 Å². The number of hydrogen-bond acceptors (Lipinski definition) is 6. The minimum Gasteiger partial charge on any atom is -0.343 e. The summed E-state index contributed by atoms with van der Waals surface area (Å²) in [5.74, 6) is 0. The number of aldehydes is 2. The lowest BCUT2D eigenvalue weighted by Crippen LogP contribution is -2.17. The van der Waals surface area contributed by atoms with Gasteiger partial charge in [0.25, 0.3) is 5.69 Å². The van der Waals surface area contributed by atoms with Gasteiger partial charge in [0, 0.05) is 41.0 Å². The largest absolute Gasteiger partial charge is 0.343 e. The summed E-state index contributed by atoms with van der Waals surface area (Å²) in [6.45, 7) is 0. The maximum absolute atomic E-state index is 11.1. The van der Waals surface area contributed by atoms with Crippen molar-refractivity contribution >= 4 is 41.4 Å². The lowest BCUT2D eigenvalue weighted by atomic mass is 10.0. The topological polar surface area (TPSA) is 80.5 Å². The van der Waals surface area contributed by atoms with Gasteiger partial charge in [0.05, 0.1) is 16.3 Å². The first-order chi connectivity index (χ1) is 11.0. The van der Waals surface area contributed by atoms with Crippen LogP contribution in [0.25, 0.3) is 0 Å². The quantitative estimate of drug-likeness (QED) is 0.486. The minimum atomic E-state index is -0.435. The van der Waals surface area contributed by atoms with Crippen molar-refractivity contribution in [2.24, 2.45) is 0 Å². The van der Waals surface area contributed by atoms with Crippen molar-refractivity contribution in [1.82, 2.24) is 0 Å². The van der Waals surface area contributed by atoms with Crippen LogP contribution in [0.15, 0.2) is 40.1 Å². The zero-order valence-corrected chi connectivity index (χ0v) is 13.0. The molecule has 3 rings (SSSR count). The maximum atomic E-state index is 11.1. The number of carbonyl (C=O) groups excluding carboxylic acids is 2. The third-order valence-electron chi connectivity index (χ3n) is 3.69. The Morgan fingerprint density at radius 3 is 2.65 bits per heavy atom. The molecule has 0 amide bonds. The first kappa shape index (κ1) is 15.2. The second-order valence-electron chi connectivity index (χ2n) is 5.09. The van der Waals surface area contributed by atoms with E-state index in [1.165, 1.54) is 23.9 Å². The van der Waals surface area contributed by atoms with E-state index in [2.05, 4.69) is 0 Å². The zero-order valence-electron chi connectivity index (χ0n) is 12.2. The molecule has 0 aromatic heterocycles. The van der Waals surface area contributed by atoms with E-state index in [4.69, 9.17) is 0 Å². The smallest absolute Gasteiger partial charge is 0.270 e. The van der Waals surface area contributed by atoms with E-state index in [0.29, 0.717) is 5.56 Å². The first-order valence-corrected chi connectivity index (χ1v) is 7.62. The third-order valence-corrected chi connectivity index (χ3v) is 4.76. The molecular formula is C16H12N2O4S. The van der Waals surface area contributed by atoms with Gasteiger partial charge in [-0.15, -0.1) is 0 Å². The van der Waals surface area contributed by atoms with Gasteiger partial charge in [0.2, 0.25) is 0 Å². The summed E-state index contributed by atoms with van der Waals surface area (Å²) in [7, 11) is 1.85. The molecule has 2 aromatic carbocycles. The van der Waals surface area contributed by atoms with Crippen LogP contribution in [0.2, 0.25) is 0 Å². The number of anilines is 2. The van der Waals surface area contributed by atoms with E-state index < -0.39 is 4.92 Å². The molecule has 6 nitrogen and oxygen atoms in total. The number of carbonyl (C=O) groups is 2. The zero-order chi connectivity index (χ0) is 16.6. The van der Waals surface area contributed by atoms with Crippen LogP contribution in [0.4, 0.5) is 17.1 Å². The van der Waals surface area contributed by atoms with Gasteiger partial charge >= 0.3 is 0 Å². The molecule has 0 N–H and O–H groups in total. The van der Waals surface area contributed by atoms with Crippen LogP contribution >= 0.6 is 11.8 Å². The average Bonchev–Trinajstić information content (AvgIpc) is 2.54. The van der Waals surface area contributed by atoms with Gasteiger partial charge in [-0.05, 0) is 23.8 Å². The summed E-state index contributed by atoms with van der Waals surface area (Å²) < 4.78 is 0. The number of benzene rings is 2. The van der Waals surface area contributed by atoms with Gasteiger partial charge in [-0.1, -0.05) is 11.8 Å². The molecule has 0 unspecified atom stereocenters. The van der Waals surface area contributed by atoms with E-state index in [9.17, 15) is 19.7 Å². The van der Waals surface area contributed by atoms with Gasteiger partial charge in [-0.3, -0.25) is 14.9 Å². The van der Waals surface area contributed by atoms with Gasteiger partial charge in [-0.25, -0.2) is 0 Å². The number of nitrogens with zero attached hydrogens (tertiary/aromatic N) is 2. The second kappa shape index (κ2) is 5.85. The van der Waals surface area contributed by atoms with Crippen LogP contribution in [0.1, 0.15) is 15.9 Å². The molecule has 2 aromatic rings. The molecule has 0 spiro atoms. The molecule has 0 saturated carbocycles. The van der Waals surface area contributed by atoms with Crippen LogP contribution in [-0.2, 0) is 11.2 Å². The molecule has 1 aliphatic rings. The molecule has 0 radical (unpaired) electrons.